The first kappa shape index (κ1) is 14.8. The highest BCUT2D eigenvalue weighted by atomic mass is 16.6. The molecule has 2 N–H and O–H groups in total. The zero-order valence-electron chi connectivity index (χ0n) is 12.4. The lowest BCUT2D eigenvalue weighted by Crippen LogP contribution is -2.59. The van der Waals surface area contributed by atoms with Crippen LogP contribution in [0.5, 0.6) is 0 Å². The molecule has 20 heavy (non-hydrogen) atoms. The summed E-state index contributed by atoms with van der Waals surface area (Å²) in [5.41, 5.74) is -0.662. The van der Waals surface area contributed by atoms with E-state index in [4.69, 9.17) is 9.15 Å². The van der Waals surface area contributed by atoms with Gasteiger partial charge in [-0.1, -0.05) is 0 Å². The third-order valence-electron chi connectivity index (χ3n) is 3.32. The number of nitrogens with one attached hydrogen (secondary N) is 2. The Morgan fingerprint density at radius 2 is 2.25 bits per heavy atom. The summed E-state index contributed by atoms with van der Waals surface area (Å²) in [6, 6.07) is 0. The number of rotatable bonds is 5. The second-order valence-corrected chi connectivity index (χ2v) is 6.33. The molecule has 6 heteroatoms. The quantitative estimate of drug-likeness (QED) is 0.865. The summed E-state index contributed by atoms with van der Waals surface area (Å²) in [6.07, 6.45) is 5.81. The predicted molar refractivity (Wildman–Crippen MR) is 74.2 cm³/mol. The number of ether oxygens (including phenoxy) is 1. The van der Waals surface area contributed by atoms with Crippen LogP contribution in [0.1, 0.15) is 45.8 Å². The van der Waals surface area contributed by atoms with Crippen LogP contribution in [-0.2, 0) is 11.3 Å². The van der Waals surface area contributed by atoms with E-state index >= 15 is 0 Å². The first-order valence-corrected chi connectivity index (χ1v) is 6.98. The normalized spacial score (nSPS) is 17.4. The molecule has 1 aliphatic carbocycles. The Morgan fingerprint density at radius 1 is 1.50 bits per heavy atom. The molecule has 1 saturated carbocycles. The number of oxazole rings is 1. The van der Waals surface area contributed by atoms with Gasteiger partial charge in [0.15, 0.2) is 6.39 Å². The largest absolute Gasteiger partial charge is 0.447 e. The smallest absolute Gasteiger partial charge is 0.408 e. The first-order chi connectivity index (χ1) is 9.39. The molecule has 0 aliphatic heterocycles. The zero-order valence-corrected chi connectivity index (χ0v) is 12.4. The minimum absolute atomic E-state index is 0.192. The Labute approximate surface area is 119 Å². The number of hydrogen-bond donors (Lipinski definition) is 2. The van der Waals surface area contributed by atoms with Gasteiger partial charge >= 0.3 is 6.09 Å². The van der Waals surface area contributed by atoms with Crippen LogP contribution in [0.3, 0.4) is 0 Å². The van der Waals surface area contributed by atoms with E-state index in [1.807, 2.05) is 20.8 Å². The highest BCUT2D eigenvalue weighted by Gasteiger charge is 2.39. The maximum Gasteiger partial charge on any atom is 0.408 e. The number of hydrogen-bond acceptors (Lipinski definition) is 5. The topological polar surface area (TPSA) is 76.4 Å². The lowest BCUT2D eigenvalue weighted by Gasteiger charge is -2.42. The fourth-order valence-electron chi connectivity index (χ4n) is 2.22. The predicted octanol–water partition coefficient (Wildman–Crippen LogP) is 2.21. The molecule has 0 saturated heterocycles. The van der Waals surface area contributed by atoms with Gasteiger partial charge in [-0.2, -0.15) is 0 Å². The molecule has 1 aromatic heterocycles. The molecule has 2 rings (SSSR count). The summed E-state index contributed by atoms with van der Waals surface area (Å²) in [4.78, 5) is 15.7. The van der Waals surface area contributed by atoms with E-state index in [0.717, 1.165) is 25.0 Å². The van der Waals surface area contributed by atoms with E-state index in [1.165, 1.54) is 6.39 Å². The first-order valence-electron chi connectivity index (χ1n) is 6.98. The lowest BCUT2D eigenvalue weighted by molar-refractivity contribution is 0.0382. The van der Waals surface area contributed by atoms with Gasteiger partial charge in [0.1, 0.15) is 11.4 Å². The van der Waals surface area contributed by atoms with Gasteiger partial charge in [-0.25, -0.2) is 9.78 Å². The van der Waals surface area contributed by atoms with Crippen LogP contribution in [0, 0.1) is 0 Å². The Bertz CT molecular complexity index is 433. The SMILES string of the molecule is CC(C)(C)OC(=O)NC1(CNCc2cnco2)CCC1. The second kappa shape index (κ2) is 5.83. The van der Waals surface area contributed by atoms with Gasteiger partial charge in [-0.15, -0.1) is 0 Å². The van der Waals surface area contributed by atoms with E-state index in [-0.39, 0.29) is 11.6 Å². The van der Waals surface area contributed by atoms with Gasteiger partial charge in [0.05, 0.1) is 18.3 Å². The van der Waals surface area contributed by atoms with Gasteiger partial charge in [-0.3, -0.25) is 0 Å². The monoisotopic (exact) mass is 281 g/mol. The minimum atomic E-state index is -0.470. The maximum atomic E-state index is 11.9. The van der Waals surface area contributed by atoms with Crippen molar-refractivity contribution in [1.29, 1.82) is 0 Å². The summed E-state index contributed by atoms with van der Waals surface area (Å²) in [7, 11) is 0. The van der Waals surface area contributed by atoms with Gasteiger partial charge in [0.25, 0.3) is 0 Å². The van der Waals surface area contributed by atoms with Crippen molar-refractivity contribution in [2.45, 2.75) is 57.7 Å². The Kier molecular flexibility index (Phi) is 4.32. The van der Waals surface area contributed by atoms with Crippen molar-refractivity contribution < 1.29 is 13.9 Å². The van der Waals surface area contributed by atoms with Crippen LogP contribution in [-0.4, -0.2) is 28.8 Å². The summed E-state index contributed by atoms with van der Waals surface area (Å²) in [5.74, 6) is 0.789. The molecule has 1 heterocycles. The minimum Gasteiger partial charge on any atom is -0.447 e. The second-order valence-electron chi connectivity index (χ2n) is 6.33. The summed E-state index contributed by atoms with van der Waals surface area (Å²) in [6.45, 7) is 6.90. The third-order valence-corrected chi connectivity index (χ3v) is 3.32. The number of carbonyl (C=O) groups excluding carboxylic acids is 1. The van der Waals surface area contributed by atoms with Crippen molar-refractivity contribution in [3.05, 3.63) is 18.4 Å². The van der Waals surface area contributed by atoms with Gasteiger partial charge < -0.3 is 19.8 Å². The lowest BCUT2D eigenvalue weighted by atomic mass is 9.76. The zero-order chi connectivity index (χ0) is 14.6. The molecule has 1 fully saturated rings. The van der Waals surface area contributed by atoms with E-state index in [2.05, 4.69) is 15.6 Å². The van der Waals surface area contributed by atoms with Crippen molar-refractivity contribution in [3.63, 3.8) is 0 Å². The molecule has 6 nitrogen and oxygen atoms in total. The molecule has 0 unspecified atom stereocenters. The van der Waals surface area contributed by atoms with Crippen molar-refractivity contribution in [2.24, 2.45) is 0 Å². The molecular formula is C14H23N3O3. The fraction of sp³-hybridized carbons (Fsp3) is 0.714. The van der Waals surface area contributed by atoms with Crippen molar-refractivity contribution >= 4 is 6.09 Å². The van der Waals surface area contributed by atoms with Crippen LogP contribution in [0.15, 0.2) is 17.0 Å². The van der Waals surface area contributed by atoms with Crippen molar-refractivity contribution in [2.75, 3.05) is 6.54 Å². The van der Waals surface area contributed by atoms with E-state index in [1.54, 1.807) is 6.20 Å². The van der Waals surface area contributed by atoms with E-state index in [0.29, 0.717) is 13.1 Å². The van der Waals surface area contributed by atoms with E-state index in [9.17, 15) is 4.79 Å². The standard InChI is InChI=1S/C14H23N3O3/c1-13(2,3)20-12(18)17-14(5-4-6-14)9-15-7-11-8-16-10-19-11/h8,10,15H,4-7,9H2,1-3H3,(H,17,18). The van der Waals surface area contributed by atoms with Gasteiger partial charge in [-0.05, 0) is 40.0 Å². The molecule has 0 radical (unpaired) electrons. The summed E-state index contributed by atoms with van der Waals surface area (Å²) < 4.78 is 10.5. The van der Waals surface area contributed by atoms with Crippen LogP contribution >= 0.6 is 0 Å². The average Bonchev–Trinajstić information content (AvgIpc) is 2.75. The van der Waals surface area contributed by atoms with Gasteiger partial charge in [0.2, 0.25) is 0 Å². The fourth-order valence-corrected chi connectivity index (χ4v) is 2.22. The molecule has 1 aliphatic rings. The summed E-state index contributed by atoms with van der Waals surface area (Å²) >= 11 is 0. The van der Waals surface area contributed by atoms with Crippen molar-refractivity contribution in [1.82, 2.24) is 15.6 Å². The number of carbonyl (C=O) groups is 1. The molecule has 1 aromatic rings. The molecular weight excluding hydrogens is 258 g/mol. The number of nitrogens with zero attached hydrogens (tertiary/aromatic N) is 1. The van der Waals surface area contributed by atoms with E-state index < -0.39 is 5.60 Å². The number of alkyl carbamates (subject to hydrolysis) is 1. The van der Waals surface area contributed by atoms with Crippen LogP contribution in [0.25, 0.3) is 0 Å². The van der Waals surface area contributed by atoms with Crippen molar-refractivity contribution in [3.8, 4) is 0 Å². The Morgan fingerprint density at radius 3 is 2.75 bits per heavy atom. The van der Waals surface area contributed by atoms with Crippen LogP contribution in [0.4, 0.5) is 4.79 Å². The maximum absolute atomic E-state index is 11.9. The Balaban J connectivity index is 1.78. The highest BCUT2D eigenvalue weighted by molar-refractivity contribution is 5.69. The average molecular weight is 281 g/mol. The molecule has 112 valence electrons. The molecule has 0 bridgehead atoms. The number of amides is 1. The number of aromatic nitrogens is 1. The molecule has 0 aromatic carbocycles. The summed E-state index contributed by atoms with van der Waals surface area (Å²) in [5, 5.41) is 6.29. The highest BCUT2D eigenvalue weighted by Crippen LogP contribution is 2.31. The third kappa shape index (κ3) is 4.23. The van der Waals surface area contributed by atoms with Crippen LogP contribution < -0.4 is 10.6 Å². The molecule has 1 amide bonds. The molecule has 0 atom stereocenters. The van der Waals surface area contributed by atoms with Crippen LogP contribution in [0.2, 0.25) is 0 Å². The van der Waals surface area contributed by atoms with Gasteiger partial charge in [0, 0.05) is 6.54 Å². The molecule has 0 spiro atoms. The Hall–Kier alpha value is -1.56.